The van der Waals surface area contributed by atoms with Gasteiger partial charge in [0.15, 0.2) is 10.7 Å². The van der Waals surface area contributed by atoms with Gasteiger partial charge in [-0.15, -0.1) is 0 Å². The molecule has 2 heterocycles. The molecule has 0 radical (unpaired) electrons. The molecule has 1 aliphatic heterocycles. The molecule has 5 rings (SSSR count). The smallest absolute Gasteiger partial charge is 0.293 e. The number of aromatic nitrogens is 1. The number of hydrogen-bond donors (Lipinski definition) is 2. The van der Waals surface area contributed by atoms with Crippen molar-refractivity contribution >= 4 is 51.4 Å². The van der Waals surface area contributed by atoms with Gasteiger partial charge >= 0.3 is 0 Å². The summed E-state index contributed by atoms with van der Waals surface area (Å²) in [5.41, 5.74) is 3.18. The Kier molecular flexibility index (Phi) is 6.69. The highest BCUT2D eigenvalue weighted by Gasteiger charge is 2.24. The van der Waals surface area contributed by atoms with Crippen molar-refractivity contribution in [2.75, 3.05) is 30.4 Å². The zero-order valence-corrected chi connectivity index (χ0v) is 20.7. The van der Waals surface area contributed by atoms with Gasteiger partial charge in [0.25, 0.3) is 11.6 Å². The lowest BCUT2D eigenvalue weighted by atomic mass is 10.1. The van der Waals surface area contributed by atoms with E-state index in [1.165, 1.54) is 6.07 Å². The molecule has 0 atom stereocenters. The van der Waals surface area contributed by atoms with Gasteiger partial charge in [0.2, 0.25) is 5.89 Å². The van der Waals surface area contributed by atoms with Crippen molar-refractivity contribution in [2.45, 2.75) is 12.8 Å². The number of anilines is 2. The summed E-state index contributed by atoms with van der Waals surface area (Å²) in [4.78, 5) is 30.5. The number of rotatable bonds is 6. The van der Waals surface area contributed by atoms with Crippen LogP contribution in [-0.2, 0) is 0 Å². The van der Waals surface area contributed by atoms with E-state index in [2.05, 4.69) is 15.6 Å². The van der Waals surface area contributed by atoms with E-state index >= 15 is 0 Å². The molecule has 0 saturated carbocycles. The van der Waals surface area contributed by atoms with Gasteiger partial charge in [-0.05, 0) is 67.5 Å². The van der Waals surface area contributed by atoms with Crippen LogP contribution in [0.15, 0.2) is 65.1 Å². The Bertz CT molecular complexity index is 1510. The fourth-order valence-corrected chi connectivity index (χ4v) is 4.47. The summed E-state index contributed by atoms with van der Waals surface area (Å²) in [6.07, 6.45) is 1.98. The van der Waals surface area contributed by atoms with Crippen molar-refractivity contribution in [3.63, 3.8) is 0 Å². The van der Waals surface area contributed by atoms with Crippen molar-refractivity contribution in [3.8, 4) is 17.2 Å². The molecule has 4 aromatic rings. The molecule has 1 fully saturated rings. The van der Waals surface area contributed by atoms with Crippen molar-refractivity contribution in [2.24, 2.45) is 0 Å². The zero-order chi connectivity index (χ0) is 25.9. The van der Waals surface area contributed by atoms with Crippen molar-refractivity contribution in [1.82, 2.24) is 10.3 Å². The van der Waals surface area contributed by atoms with E-state index in [4.69, 9.17) is 21.4 Å². The lowest BCUT2D eigenvalue weighted by Crippen LogP contribution is -2.34. The number of methoxy groups -OCH3 is 1. The maximum absolute atomic E-state index is 12.8. The number of ether oxygens (including phenoxy) is 1. The highest BCUT2D eigenvalue weighted by Crippen LogP contribution is 2.32. The van der Waals surface area contributed by atoms with Crippen molar-refractivity contribution in [1.29, 1.82) is 0 Å². The van der Waals surface area contributed by atoms with E-state index in [0.29, 0.717) is 39.7 Å². The molecule has 0 spiro atoms. The van der Waals surface area contributed by atoms with Crippen LogP contribution < -0.4 is 20.3 Å². The van der Waals surface area contributed by atoms with Gasteiger partial charge in [0.05, 0.1) is 12.0 Å². The highest BCUT2D eigenvalue weighted by atomic mass is 32.1. The van der Waals surface area contributed by atoms with E-state index in [-0.39, 0.29) is 16.4 Å². The van der Waals surface area contributed by atoms with Gasteiger partial charge in [-0.1, -0.05) is 6.07 Å². The predicted molar refractivity (Wildman–Crippen MR) is 144 cm³/mol. The van der Waals surface area contributed by atoms with Gasteiger partial charge in [0, 0.05) is 42.0 Å². The van der Waals surface area contributed by atoms with E-state index in [9.17, 15) is 14.9 Å². The third-order valence-electron chi connectivity index (χ3n) is 6.07. The average Bonchev–Trinajstić information content (AvgIpc) is 3.58. The zero-order valence-electron chi connectivity index (χ0n) is 19.9. The summed E-state index contributed by atoms with van der Waals surface area (Å²) < 4.78 is 11.1. The number of hydrogen-bond acceptors (Lipinski definition) is 8. The number of nitrogens with one attached hydrogen (secondary N) is 2. The van der Waals surface area contributed by atoms with Gasteiger partial charge in [-0.3, -0.25) is 20.2 Å². The molecule has 0 unspecified atom stereocenters. The molecule has 3 aromatic carbocycles. The molecule has 1 aromatic heterocycles. The SMILES string of the molecule is COc1ccc2oc(-c3cccc(NC(=S)NC(=O)c4ccc(N5CCCC5)c([N+](=O)[O-])c4)c3)nc2c1. The Hall–Kier alpha value is -4.51. The first-order chi connectivity index (χ1) is 17.9. The highest BCUT2D eigenvalue weighted by molar-refractivity contribution is 7.80. The molecule has 37 heavy (non-hydrogen) atoms. The van der Waals surface area contributed by atoms with E-state index < -0.39 is 10.8 Å². The van der Waals surface area contributed by atoms with Crippen LogP contribution in [0.5, 0.6) is 5.75 Å². The monoisotopic (exact) mass is 517 g/mol. The van der Waals surface area contributed by atoms with E-state index in [1.54, 1.807) is 55.6 Å². The Morgan fingerprint density at radius 3 is 2.70 bits per heavy atom. The number of nitro groups is 1. The third kappa shape index (κ3) is 5.21. The maximum Gasteiger partial charge on any atom is 0.293 e. The summed E-state index contributed by atoms with van der Waals surface area (Å²) in [6.45, 7) is 1.52. The van der Waals surface area contributed by atoms with Crippen LogP contribution in [0.3, 0.4) is 0 Å². The largest absolute Gasteiger partial charge is 0.497 e. The second kappa shape index (κ2) is 10.2. The van der Waals surface area contributed by atoms with Crippen LogP contribution in [0.2, 0.25) is 0 Å². The van der Waals surface area contributed by atoms with Crippen molar-refractivity contribution < 1.29 is 18.9 Å². The second-order valence-electron chi connectivity index (χ2n) is 8.50. The molecule has 2 N–H and O–H groups in total. The topological polar surface area (TPSA) is 123 Å². The summed E-state index contributed by atoms with van der Waals surface area (Å²) in [6, 6.07) is 17.1. The van der Waals surface area contributed by atoms with E-state index in [1.807, 2.05) is 11.0 Å². The quantitative estimate of drug-likeness (QED) is 0.203. The molecular formula is C26H23N5O5S. The number of carbonyl (C=O) groups is 1. The van der Waals surface area contributed by atoms with Crippen LogP contribution in [0.4, 0.5) is 17.1 Å². The van der Waals surface area contributed by atoms with E-state index in [0.717, 1.165) is 25.9 Å². The van der Waals surface area contributed by atoms with Crippen LogP contribution in [-0.4, -0.2) is 41.1 Å². The number of thiocarbonyl (C=S) groups is 1. The first-order valence-electron chi connectivity index (χ1n) is 11.6. The number of amides is 1. The molecular weight excluding hydrogens is 494 g/mol. The molecule has 11 heteroatoms. The van der Waals surface area contributed by atoms with Crippen LogP contribution >= 0.6 is 12.2 Å². The lowest BCUT2D eigenvalue weighted by Gasteiger charge is -2.18. The average molecular weight is 518 g/mol. The fourth-order valence-electron chi connectivity index (χ4n) is 4.26. The third-order valence-corrected chi connectivity index (χ3v) is 6.27. The molecule has 188 valence electrons. The van der Waals surface area contributed by atoms with Crippen LogP contribution in [0.1, 0.15) is 23.2 Å². The van der Waals surface area contributed by atoms with Gasteiger partial charge in [-0.2, -0.15) is 0 Å². The second-order valence-corrected chi connectivity index (χ2v) is 8.90. The molecule has 0 aliphatic carbocycles. The molecule has 1 saturated heterocycles. The Balaban J connectivity index is 1.29. The molecule has 0 bridgehead atoms. The summed E-state index contributed by atoms with van der Waals surface area (Å²) in [7, 11) is 1.59. The van der Waals surface area contributed by atoms with Gasteiger partial charge in [0.1, 0.15) is 17.0 Å². The van der Waals surface area contributed by atoms with Crippen LogP contribution in [0, 0.1) is 10.1 Å². The first kappa shape index (κ1) is 24.2. The number of carbonyl (C=O) groups excluding carboxylic acids is 1. The number of nitrogens with zero attached hydrogens (tertiary/aromatic N) is 3. The minimum atomic E-state index is -0.544. The minimum Gasteiger partial charge on any atom is -0.497 e. The van der Waals surface area contributed by atoms with Gasteiger partial charge in [-0.25, -0.2) is 4.98 Å². The molecule has 10 nitrogen and oxygen atoms in total. The van der Waals surface area contributed by atoms with Gasteiger partial charge < -0.3 is 19.4 Å². The Morgan fingerprint density at radius 2 is 1.95 bits per heavy atom. The predicted octanol–water partition coefficient (Wildman–Crippen LogP) is 5.14. The first-order valence-corrected chi connectivity index (χ1v) is 12.0. The van der Waals surface area contributed by atoms with Crippen molar-refractivity contribution in [3.05, 3.63) is 76.3 Å². The maximum atomic E-state index is 12.8. The summed E-state index contributed by atoms with van der Waals surface area (Å²) >= 11 is 5.31. The number of oxazole rings is 1. The normalized spacial score (nSPS) is 12.9. The van der Waals surface area contributed by atoms with Crippen LogP contribution in [0.25, 0.3) is 22.6 Å². The fraction of sp³-hybridized carbons (Fsp3) is 0.192. The lowest BCUT2D eigenvalue weighted by molar-refractivity contribution is -0.384. The number of benzene rings is 3. The summed E-state index contributed by atoms with van der Waals surface area (Å²) in [5.74, 6) is 0.560. The molecule has 1 amide bonds. The molecule has 1 aliphatic rings. The Morgan fingerprint density at radius 1 is 1.14 bits per heavy atom. The summed E-state index contributed by atoms with van der Waals surface area (Å²) in [5, 5.41) is 17.2. The number of fused-ring (bicyclic) bond motifs is 1. The Labute approximate surface area is 217 Å². The standard InChI is InChI=1S/C26H23N5O5S/c1-35-19-8-10-23-20(15-19)28-25(36-23)17-5-4-6-18(13-17)27-26(37)29-24(32)16-7-9-21(22(14-16)31(33)34)30-11-2-3-12-30/h4-10,13-15H,2-3,11-12H2,1H3,(H2,27,29,32,37). The minimum absolute atomic E-state index is 0.0516. The number of nitro benzene ring substituents is 1.